The van der Waals surface area contributed by atoms with Crippen LogP contribution in [0.1, 0.15) is 25.0 Å². The third kappa shape index (κ3) is 4.11. The van der Waals surface area contributed by atoms with Gasteiger partial charge in [-0.15, -0.1) is 11.3 Å². The number of furan rings is 1. The Balaban J connectivity index is 1.25. The van der Waals surface area contributed by atoms with Crippen molar-refractivity contribution in [1.29, 1.82) is 0 Å². The standard InChI is InChI=1S/C49H33NOS/c1-49(2)39-21-10-8-18-34(39)35-27-26-32(29-40(35)49)50(42-23-12-20-37-36-19-9-11-25-44(36)52-48(37)42)41-22-13-24-43-46(41)38-28-31-16-6-7-17-33(31)45(47(38)51-43)30-14-4-3-5-15-30/h3-29H,1-2H3. The highest BCUT2D eigenvalue weighted by Gasteiger charge is 2.36. The Hall–Kier alpha value is -6.16. The number of hydrogen-bond acceptors (Lipinski definition) is 3. The summed E-state index contributed by atoms with van der Waals surface area (Å²) in [7, 11) is 0. The van der Waals surface area contributed by atoms with Crippen molar-refractivity contribution in [2.75, 3.05) is 4.90 Å². The van der Waals surface area contributed by atoms with E-state index < -0.39 is 0 Å². The van der Waals surface area contributed by atoms with Crippen LogP contribution in [0.5, 0.6) is 0 Å². The van der Waals surface area contributed by atoms with Gasteiger partial charge in [0.05, 0.1) is 21.5 Å². The van der Waals surface area contributed by atoms with Crippen LogP contribution in [0.25, 0.3) is 75.1 Å². The molecule has 0 aliphatic heterocycles. The van der Waals surface area contributed by atoms with Gasteiger partial charge in [-0.25, -0.2) is 0 Å². The Morgan fingerprint density at radius 2 is 1.25 bits per heavy atom. The molecule has 1 aliphatic rings. The number of anilines is 3. The van der Waals surface area contributed by atoms with Gasteiger partial charge in [0.1, 0.15) is 11.2 Å². The lowest BCUT2D eigenvalue weighted by Gasteiger charge is -2.29. The van der Waals surface area contributed by atoms with E-state index in [1.807, 2.05) is 11.3 Å². The first-order chi connectivity index (χ1) is 25.6. The fourth-order valence-corrected chi connectivity index (χ4v) is 10.0. The van der Waals surface area contributed by atoms with Gasteiger partial charge in [0.25, 0.3) is 0 Å². The van der Waals surface area contributed by atoms with Crippen molar-refractivity contribution in [3.8, 4) is 22.3 Å². The van der Waals surface area contributed by atoms with Gasteiger partial charge in [-0.3, -0.25) is 0 Å². The van der Waals surface area contributed by atoms with Crippen LogP contribution in [-0.4, -0.2) is 0 Å². The molecule has 0 saturated carbocycles. The van der Waals surface area contributed by atoms with Crippen molar-refractivity contribution in [1.82, 2.24) is 0 Å². The molecule has 2 nitrogen and oxygen atoms in total. The topological polar surface area (TPSA) is 16.4 Å². The molecule has 246 valence electrons. The summed E-state index contributed by atoms with van der Waals surface area (Å²) in [6.07, 6.45) is 0. The van der Waals surface area contributed by atoms with Crippen LogP contribution in [0.4, 0.5) is 17.1 Å². The Labute approximate surface area is 305 Å². The smallest absolute Gasteiger partial charge is 0.143 e. The zero-order chi connectivity index (χ0) is 34.6. The van der Waals surface area contributed by atoms with Gasteiger partial charge in [0.2, 0.25) is 0 Å². The Bertz CT molecular complexity index is 3060. The van der Waals surface area contributed by atoms with Crippen molar-refractivity contribution < 1.29 is 4.42 Å². The van der Waals surface area contributed by atoms with E-state index in [4.69, 9.17) is 4.42 Å². The van der Waals surface area contributed by atoms with Crippen LogP contribution in [0.3, 0.4) is 0 Å². The molecule has 0 spiro atoms. The van der Waals surface area contributed by atoms with Crippen molar-refractivity contribution in [2.24, 2.45) is 0 Å². The van der Waals surface area contributed by atoms with Gasteiger partial charge < -0.3 is 9.32 Å². The predicted molar refractivity (Wildman–Crippen MR) is 222 cm³/mol. The highest BCUT2D eigenvalue weighted by atomic mass is 32.1. The molecular weight excluding hydrogens is 651 g/mol. The van der Waals surface area contributed by atoms with E-state index >= 15 is 0 Å². The lowest BCUT2D eigenvalue weighted by molar-refractivity contribution is 0.660. The summed E-state index contributed by atoms with van der Waals surface area (Å²) in [4.78, 5) is 2.49. The number of thiophene rings is 1. The molecule has 0 atom stereocenters. The van der Waals surface area contributed by atoms with Crippen molar-refractivity contribution in [3.05, 3.63) is 175 Å². The summed E-state index contributed by atoms with van der Waals surface area (Å²) >= 11 is 1.87. The molecule has 0 amide bonds. The van der Waals surface area contributed by atoms with Crippen LogP contribution in [0.2, 0.25) is 0 Å². The maximum Gasteiger partial charge on any atom is 0.143 e. The lowest BCUT2D eigenvalue weighted by atomic mass is 9.82. The van der Waals surface area contributed by atoms with Gasteiger partial charge in [0, 0.05) is 37.5 Å². The van der Waals surface area contributed by atoms with Crippen LogP contribution >= 0.6 is 11.3 Å². The molecule has 0 saturated heterocycles. The van der Waals surface area contributed by atoms with Gasteiger partial charge in [-0.1, -0.05) is 135 Å². The molecule has 0 N–H and O–H groups in total. The van der Waals surface area contributed by atoms with Crippen molar-refractivity contribution in [2.45, 2.75) is 19.3 Å². The minimum atomic E-state index is -0.130. The van der Waals surface area contributed by atoms with Gasteiger partial charge in [0.15, 0.2) is 0 Å². The van der Waals surface area contributed by atoms with E-state index in [-0.39, 0.29) is 5.41 Å². The fraction of sp³-hybridized carbons (Fsp3) is 0.0612. The number of hydrogen-bond donors (Lipinski definition) is 0. The van der Waals surface area contributed by atoms with E-state index in [0.717, 1.165) is 50.1 Å². The second-order valence-electron chi connectivity index (χ2n) is 14.5. The molecule has 11 rings (SSSR count). The molecule has 0 bridgehead atoms. The molecule has 2 heterocycles. The predicted octanol–water partition coefficient (Wildman–Crippen LogP) is 14.6. The Morgan fingerprint density at radius 1 is 0.538 bits per heavy atom. The Morgan fingerprint density at radius 3 is 2.15 bits per heavy atom. The average Bonchev–Trinajstić information content (AvgIpc) is 3.83. The first kappa shape index (κ1) is 29.6. The average molecular weight is 684 g/mol. The normalized spacial score (nSPS) is 13.3. The van der Waals surface area contributed by atoms with E-state index in [9.17, 15) is 0 Å². The molecule has 1 aliphatic carbocycles. The first-order valence-electron chi connectivity index (χ1n) is 17.9. The third-order valence-electron chi connectivity index (χ3n) is 11.2. The van der Waals surface area contributed by atoms with Gasteiger partial charge >= 0.3 is 0 Å². The number of nitrogens with zero attached hydrogens (tertiary/aromatic N) is 1. The quantitative estimate of drug-likeness (QED) is 0.184. The zero-order valence-electron chi connectivity index (χ0n) is 28.9. The van der Waals surface area contributed by atoms with Gasteiger partial charge in [-0.2, -0.15) is 0 Å². The van der Waals surface area contributed by atoms with E-state index in [1.165, 1.54) is 53.2 Å². The second kappa shape index (κ2) is 10.9. The minimum Gasteiger partial charge on any atom is -0.455 e. The van der Waals surface area contributed by atoms with Crippen LogP contribution < -0.4 is 4.90 Å². The molecule has 8 aromatic carbocycles. The second-order valence-corrected chi connectivity index (χ2v) is 15.5. The molecule has 2 aromatic heterocycles. The number of benzene rings is 8. The van der Waals surface area contributed by atoms with E-state index in [2.05, 4.69) is 183 Å². The van der Waals surface area contributed by atoms with Crippen LogP contribution in [0.15, 0.2) is 168 Å². The largest absolute Gasteiger partial charge is 0.455 e. The lowest BCUT2D eigenvalue weighted by Crippen LogP contribution is -2.16. The number of rotatable bonds is 4. The molecule has 0 radical (unpaired) electrons. The molecule has 52 heavy (non-hydrogen) atoms. The summed E-state index contributed by atoms with van der Waals surface area (Å²) < 4.78 is 9.53. The summed E-state index contributed by atoms with van der Waals surface area (Å²) in [6.45, 7) is 4.72. The van der Waals surface area contributed by atoms with Crippen LogP contribution in [0, 0.1) is 0 Å². The van der Waals surface area contributed by atoms with Crippen LogP contribution in [-0.2, 0) is 5.41 Å². The Kier molecular flexibility index (Phi) is 6.21. The highest BCUT2D eigenvalue weighted by Crippen LogP contribution is 2.53. The molecule has 10 aromatic rings. The molecular formula is C49H33NOS. The van der Waals surface area contributed by atoms with Crippen molar-refractivity contribution >= 4 is 81.3 Å². The van der Waals surface area contributed by atoms with Crippen molar-refractivity contribution in [3.63, 3.8) is 0 Å². The third-order valence-corrected chi connectivity index (χ3v) is 12.4. The highest BCUT2D eigenvalue weighted by molar-refractivity contribution is 7.26. The maximum atomic E-state index is 6.97. The first-order valence-corrected chi connectivity index (χ1v) is 18.7. The summed E-state index contributed by atoms with van der Waals surface area (Å²) in [5, 5.41) is 7.18. The molecule has 3 heteroatoms. The SMILES string of the molecule is CC1(C)c2ccccc2-c2ccc(N(c3cccc4c3sc3ccccc34)c3cccc4oc5c(-c6ccccc6)c6ccccc6cc5c34)cc21. The fourth-order valence-electron chi connectivity index (χ4n) is 8.83. The zero-order valence-corrected chi connectivity index (χ0v) is 29.7. The summed E-state index contributed by atoms with van der Waals surface area (Å²) in [5.74, 6) is 0. The van der Waals surface area contributed by atoms with Gasteiger partial charge in [-0.05, 0) is 81.1 Å². The van der Waals surface area contributed by atoms with E-state index in [1.54, 1.807) is 0 Å². The van der Waals surface area contributed by atoms with E-state index in [0.29, 0.717) is 0 Å². The maximum absolute atomic E-state index is 6.97. The monoisotopic (exact) mass is 683 g/mol. The summed E-state index contributed by atoms with van der Waals surface area (Å²) in [5.41, 5.74) is 12.7. The molecule has 0 fully saturated rings. The number of fused-ring (bicyclic) bond motifs is 10. The minimum absolute atomic E-state index is 0.130. The molecule has 0 unspecified atom stereocenters. The summed E-state index contributed by atoms with van der Waals surface area (Å²) in [6, 6.07) is 59.7.